The predicted molar refractivity (Wildman–Crippen MR) is 250 cm³/mol. The average Bonchev–Trinajstić information content (AvgIpc) is 4.08. The molecule has 5 heterocycles. The number of nitrogens with zero attached hydrogens (tertiary/aromatic N) is 4. The Balaban J connectivity index is 1.09. The molecule has 0 fully saturated rings. The van der Waals surface area contributed by atoms with Gasteiger partial charge in [0.15, 0.2) is 17.5 Å². The predicted octanol–water partition coefficient (Wildman–Crippen LogP) is 14.8. The summed E-state index contributed by atoms with van der Waals surface area (Å²) >= 11 is 0. The van der Waals surface area contributed by atoms with Crippen LogP contribution in [0.2, 0.25) is 0 Å². The summed E-state index contributed by atoms with van der Waals surface area (Å²) in [5, 5.41) is 10.7. The summed E-state index contributed by atoms with van der Waals surface area (Å²) in [7, 11) is 0. The van der Waals surface area contributed by atoms with Gasteiger partial charge < -0.3 is 17.8 Å². The summed E-state index contributed by atoms with van der Waals surface area (Å²) in [6.07, 6.45) is 0. The van der Waals surface area contributed by atoms with Gasteiger partial charge >= 0.3 is 0 Å². The Morgan fingerprint density at radius 3 is 1.39 bits per heavy atom. The van der Waals surface area contributed by atoms with Crippen molar-refractivity contribution in [1.82, 2.24) is 19.5 Å². The van der Waals surface area contributed by atoms with Crippen molar-refractivity contribution in [2.75, 3.05) is 0 Å². The smallest absolute Gasteiger partial charge is 0.166 e. The molecule has 0 unspecified atom stereocenters. The summed E-state index contributed by atoms with van der Waals surface area (Å²) < 4.78 is 21.5. The van der Waals surface area contributed by atoms with Crippen molar-refractivity contribution in [1.29, 1.82) is 0 Å². The Labute approximate surface area is 351 Å². The highest BCUT2D eigenvalue weighted by molar-refractivity contribution is 6.15. The van der Waals surface area contributed by atoms with Crippen LogP contribution in [0.4, 0.5) is 0 Å². The van der Waals surface area contributed by atoms with Gasteiger partial charge in [-0.05, 0) is 89.6 Å². The highest BCUT2D eigenvalue weighted by Crippen LogP contribution is 2.42. The third-order valence-corrected chi connectivity index (χ3v) is 12.4. The van der Waals surface area contributed by atoms with E-state index < -0.39 is 0 Å². The molecule has 0 aliphatic carbocycles. The topological polar surface area (TPSA) is 83.0 Å². The van der Waals surface area contributed by atoms with Gasteiger partial charge in [-0.2, -0.15) is 0 Å². The zero-order valence-corrected chi connectivity index (χ0v) is 32.8. The number of benzene rings is 9. The highest BCUT2D eigenvalue weighted by atomic mass is 16.3. The molecular weight excluding hydrogens is 765 g/mol. The van der Waals surface area contributed by atoms with E-state index in [1.54, 1.807) is 0 Å². The van der Waals surface area contributed by atoms with Crippen LogP contribution in [0.1, 0.15) is 0 Å². The average molecular weight is 795 g/mol. The lowest BCUT2D eigenvalue weighted by molar-refractivity contribution is 0.668. The summed E-state index contributed by atoms with van der Waals surface area (Å²) in [6, 6.07) is 62.8. The molecule has 0 atom stereocenters. The Kier molecular flexibility index (Phi) is 6.71. The molecule has 0 saturated heterocycles. The van der Waals surface area contributed by atoms with Crippen molar-refractivity contribution in [3.8, 4) is 39.9 Å². The van der Waals surface area contributed by atoms with Crippen LogP contribution in [-0.4, -0.2) is 19.5 Å². The van der Waals surface area contributed by atoms with E-state index in [-0.39, 0.29) is 0 Å². The maximum absolute atomic E-state index is 6.61. The van der Waals surface area contributed by atoms with Crippen molar-refractivity contribution in [2.24, 2.45) is 0 Å². The van der Waals surface area contributed by atoms with Gasteiger partial charge in [-0.1, -0.05) is 97.1 Å². The van der Waals surface area contributed by atoms with E-state index in [1.807, 2.05) is 78.9 Å². The molecule has 0 aliphatic rings. The molecule has 0 radical (unpaired) electrons. The maximum atomic E-state index is 6.61. The molecule has 62 heavy (non-hydrogen) atoms. The van der Waals surface area contributed by atoms with Crippen LogP contribution in [0.25, 0.3) is 138 Å². The van der Waals surface area contributed by atoms with Crippen LogP contribution in [0, 0.1) is 0 Å². The Morgan fingerprint density at radius 1 is 0.306 bits per heavy atom. The number of hydrogen-bond acceptors (Lipinski definition) is 6. The van der Waals surface area contributed by atoms with E-state index in [1.165, 1.54) is 5.39 Å². The molecular formula is C55H30N4O3. The number of rotatable bonds is 4. The van der Waals surface area contributed by atoms with Gasteiger partial charge in [-0.15, -0.1) is 0 Å². The summed E-state index contributed by atoms with van der Waals surface area (Å²) in [6.45, 7) is 0. The van der Waals surface area contributed by atoms with Crippen molar-refractivity contribution in [3.63, 3.8) is 0 Å². The van der Waals surface area contributed by atoms with Crippen LogP contribution >= 0.6 is 0 Å². The molecule has 9 aromatic carbocycles. The van der Waals surface area contributed by atoms with Crippen LogP contribution in [0.5, 0.6) is 0 Å². The van der Waals surface area contributed by atoms with Gasteiger partial charge in [0.25, 0.3) is 0 Å². The molecule has 7 heteroatoms. The Bertz CT molecular complexity index is 4060. The van der Waals surface area contributed by atoms with E-state index in [9.17, 15) is 0 Å². The lowest BCUT2D eigenvalue weighted by atomic mass is 10.0. The molecule has 0 bridgehead atoms. The minimum Gasteiger partial charge on any atom is -0.456 e. The molecule has 0 amide bonds. The number of para-hydroxylation sites is 4. The largest absolute Gasteiger partial charge is 0.456 e. The fraction of sp³-hybridized carbons (Fsp3) is 0. The van der Waals surface area contributed by atoms with Crippen LogP contribution in [0.15, 0.2) is 195 Å². The third-order valence-electron chi connectivity index (χ3n) is 12.4. The van der Waals surface area contributed by atoms with E-state index >= 15 is 0 Å². The number of hydrogen-bond donors (Lipinski definition) is 0. The molecule has 5 aromatic heterocycles. The Hall–Kier alpha value is -8.55. The number of fused-ring (bicyclic) bond motifs is 13. The molecule has 14 rings (SSSR count). The first-order valence-electron chi connectivity index (χ1n) is 20.7. The molecule has 14 aromatic rings. The van der Waals surface area contributed by atoms with E-state index in [4.69, 9.17) is 28.2 Å². The van der Waals surface area contributed by atoms with Gasteiger partial charge in [0.05, 0.1) is 16.7 Å². The van der Waals surface area contributed by atoms with Crippen molar-refractivity contribution in [3.05, 3.63) is 182 Å². The first kappa shape index (κ1) is 33.3. The SMILES string of the molecule is c1ccc2cc3c(cc2c1)c1ccccc1n3-c1cc2oc3ccccc3c2cc1-c1nc(-c2ccc3oc4ccccc4c3c2)nc(-c2ccc3oc4ccccc4c3c2)n1. The summed E-state index contributed by atoms with van der Waals surface area (Å²) in [5.41, 5.74) is 10.5. The zero-order valence-electron chi connectivity index (χ0n) is 32.8. The summed E-state index contributed by atoms with van der Waals surface area (Å²) in [5.74, 6) is 1.63. The van der Waals surface area contributed by atoms with Gasteiger partial charge in [0.1, 0.15) is 33.5 Å². The van der Waals surface area contributed by atoms with Crippen LogP contribution < -0.4 is 0 Å². The molecule has 0 aliphatic heterocycles. The highest BCUT2D eigenvalue weighted by Gasteiger charge is 2.23. The second kappa shape index (κ2) is 12.5. The molecule has 0 spiro atoms. The van der Waals surface area contributed by atoms with E-state index in [0.29, 0.717) is 17.5 Å². The number of aromatic nitrogens is 4. The van der Waals surface area contributed by atoms with Gasteiger partial charge in [-0.25, -0.2) is 15.0 Å². The zero-order chi connectivity index (χ0) is 40.5. The lowest BCUT2D eigenvalue weighted by Crippen LogP contribution is -2.04. The minimum absolute atomic E-state index is 0.535. The third kappa shape index (κ3) is 4.84. The van der Waals surface area contributed by atoms with Gasteiger partial charge in [-0.3, -0.25) is 0 Å². The second-order valence-corrected chi connectivity index (χ2v) is 16.0. The fourth-order valence-corrected chi connectivity index (χ4v) is 9.52. The second-order valence-electron chi connectivity index (χ2n) is 16.0. The molecule has 0 N–H and O–H groups in total. The lowest BCUT2D eigenvalue weighted by Gasteiger charge is -2.15. The van der Waals surface area contributed by atoms with Crippen LogP contribution in [0.3, 0.4) is 0 Å². The van der Waals surface area contributed by atoms with Crippen molar-refractivity contribution < 1.29 is 13.3 Å². The Morgan fingerprint density at radius 2 is 0.774 bits per heavy atom. The van der Waals surface area contributed by atoms with Crippen molar-refractivity contribution in [2.45, 2.75) is 0 Å². The first-order valence-corrected chi connectivity index (χ1v) is 20.7. The minimum atomic E-state index is 0.535. The molecule has 7 nitrogen and oxygen atoms in total. The first-order chi connectivity index (χ1) is 30.7. The quantitative estimate of drug-likeness (QED) is 0.176. The molecule has 0 saturated carbocycles. The normalized spacial score (nSPS) is 12.2. The van der Waals surface area contributed by atoms with E-state index in [0.717, 1.165) is 115 Å². The van der Waals surface area contributed by atoms with Gasteiger partial charge in [0, 0.05) is 65.8 Å². The van der Waals surface area contributed by atoms with E-state index in [2.05, 4.69) is 108 Å². The number of furan rings is 3. The fourth-order valence-electron chi connectivity index (χ4n) is 9.52. The summed E-state index contributed by atoms with van der Waals surface area (Å²) in [4.78, 5) is 16.1. The van der Waals surface area contributed by atoms with Gasteiger partial charge in [0.2, 0.25) is 0 Å². The maximum Gasteiger partial charge on any atom is 0.166 e. The van der Waals surface area contributed by atoms with Crippen LogP contribution in [-0.2, 0) is 0 Å². The van der Waals surface area contributed by atoms with Crippen molar-refractivity contribution >= 4 is 98.4 Å². The molecule has 288 valence electrons. The standard InChI is InChI=1S/C55H30N4O3/c1-2-12-32-28-45-39(25-31(32)11-1)35-13-3-7-17-44(35)59(45)46-30-52-42(38-16-6-10-20-49(38)62-52)29-43(46)55-57-53(33-21-23-50-40(26-33)36-14-4-8-18-47(36)60-50)56-54(58-55)34-22-24-51-41(27-34)37-15-5-9-19-48(37)61-51/h1-30H. The monoisotopic (exact) mass is 794 g/mol.